The summed E-state index contributed by atoms with van der Waals surface area (Å²) in [6, 6.07) is 4.58. The predicted molar refractivity (Wildman–Crippen MR) is 94.2 cm³/mol. The van der Waals surface area contributed by atoms with Crippen LogP contribution in [0.5, 0.6) is 5.88 Å². The van der Waals surface area contributed by atoms with E-state index in [9.17, 15) is 4.79 Å². The summed E-state index contributed by atoms with van der Waals surface area (Å²) in [6.07, 6.45) is 11.9. The first-order valence-electron chi connectivity index (χ1n) is 9.35. The number of carbonyl (C=O) groups is 1. The van der Waals surface area contributed by atoms with Crippen LogP contribution in [-0.4, -0.2) is 29.2 Å². The first kappa shape index (κ1) is 17.1. The molecule has 2 aliphatic rings. The van der Waals surface area contributed by atoms with Gasteiger partial charge in [-0.3, -0.25) is 0 Å². The van der Waals surface area contributed by atoms with Crippen molar-refractivity contribution in [3.05, 3.63) is 23.9 Å². The minimum Gasteiger partial charge on any atom is -0.474 e. The van der Waals surface area contributed by atoms with Gasteiger partial charge in [0, 0.05) is 24.3 Å². The summed E-state index contributed by atoms with van der Waals surface area (Å²) in [4.78, 5) is 16.4. The third-order valence-corrected chi connectivity index (χ3v) is 5.12. The van der Waals surface area contributed by atoms with Gasteiger partial charge in [0.05, 0.1) is 0 Å². The Hall–Kier alpha value is -1.78. The standard InChI is InChI=1S/C19H29N3O2/c1-14-7-12-18(20-13-14)24-17-10-8-16(9-11-17)22-19(23)21-15-5-3-2-4-6-15/h7,12-13,15-17H,2-6,8-11H2,1H3,(H2,21,22,23). The molecule has 0 saturated heterocycles. The van der Waals surface area contributed by atoms with Gasteiger partial charge in [0.25, 0.3) is 0 Å². The maximum Gasteiger partial charge on any atom is 0.315 e. The van der Waals surface area contributed by atoms with Gasteiger partial charge in [-0.1, -0.05) is 25.3 Å². The molecule has 5 nitrogen and oxygen atoms in total. The van der Waals surface area contributed by atoms with Gasteiger partial charge in [-0.2, -0.15) is 0 Å². The zero-order valence-electron chi connectivity index (χ0n) is 14.6. The Morgan fingerprint density at radius 2 is 1.67 bits per heavy atom. The highest BCUT2D eigenvalue weighted by Crippen LogP contribution is 2.23. The van der Waals surface area contributed by atoms with Gasteiger partial charge in [0.15, 0.2) is 0 Å². The van der Waals surface area contributed by atoms with E-state index in [0.29, 0.717) is 11.9 Å². The average Bonchev–Trinajstić information content (AvgIpc) is 2.59. The third kappa shape index (κ3) is 5.11. The van der Waals surface area contributed by atoms with Crippen molar-refractivity contribution in [2.75, 3.05) is 0 Å². The maximum absolute atomic E-state index is 12.1. The van der Waals surface area contributed by atoms with Gasteiger partial charge in [-0.25, -0.2) is 9.78 Å². The molecule has 2 aliphatic carbocycles. The van der Waals surface area contributed by atoms with Crippen molar-refractivity contribution in [3.63, 3.8) is 0 Å². The quantitative estimate of drug-likeness (QED) is 0.884. The summed E-state index contributed by atoms with van der Waals surface area (Å²) in [7, 11) is 0. The van der Waals surface area contributed by atoms with Gasteiger partial charge in [0.2, 0.25) is 5.88 Å². The number of carbonyl (C=O) groups excluding carboxylic acids is 1. The highest BCUT2D eigenvalue weighted by atomic mass is 16.5. The molecule has 1 heterocycles. The van der Waals surface area contributed by atoms with Crippen LogP contribution in [0.25, 0.3) is 0 Å². The third-order valence-electron chi connectivity index (χ3n) is 5.12. The lowest BCUT2D eigenvalue weighted by molar-refractivity contribution is 0.134. The number of urea groups is 1. The van der Waals surface area contributed by atoms with Crippen molar-refractivity contribution in [2.24, 2.45) is 0 Å². The van der Waals surface area contributed by atoms with E-state index in [1.807, 2.05) is 25.3 Å². The summed E-state index contributed by atoms with van der Waals surface area (Å²) in [6.45, 7) is 2.02. The molecule has 3 rings (SSSR count). The largest absolute Gasteiger partial charge is 0.474 e. The summed E-state index contributed by atoms with van der Waals surface area (Å²) >= 11 is 0. The van der Waals surface area contributed by atoms with Crippen LogP contribution < -0.4 is 15.4 Å². The van der Waals surface area contributed by atoms with Crippen LogP contribution in [0.3, 0.4) is 0 Å². The Labute approximate surface area is 144 Å². The topological polar surface area (TPSA) is 63.2 Å². The van der Waals surface area contributed by atoms with Crippen molar-refractivity contribution < 1.29 is 9.53 Å². The Balaban J connectivity index is 1.37. The average molecular weight is 331 g/mol. The first-order chi connectivity index (χ1) is 11.7. The van der Waals surface area contributed by atoms with Crippen LogP contribution in [0.15, 0.2) is 18.3 Å². The number of pyridine rings is 1. The molecule has 24 heavy (non-hydrogen) atoms. The van der Waals surface area contributed by atoms with Crippen molar-refractivity contribution in [3.8, 4) is 5.88 Å². The van der Waals surface area contributed by atoms with Crippen molar-refractivity contribution in [1.82, 2.24) is 15.6 Å². The second kappa shape index (κ2) is 8.36. The molecular weight excluding hydrogens is 302 g/mol. The first-order valence-corrected chi connectivity index (χ1v) is 9.35. The van der Waals surface area contributed by atoms with E-state index in [-0.39, 0.29) is 18.2 Å². The molecule has 2 saturated carbocycles. The Morgan fingerprint density at radius 3 is 2.29 bits per heavy atom. The lowest BCUT2D eigenvalue weighted by Gasteiger charge is -2.30. The van der Waals surface area contributed by atoms with Gasteiger partial charge < -0.3 is 15.4 Å². The molecule has 2 amide bonds. The van der Waals surface area contributed by atoms with Crippen molar-refractivity contribution >= 4 is 6.03 Å². The molecule has 132 valence electrons. The molecule has 0 radical (unpaired) electrons. The highest BCUT2D eigenvalue weighted by molar-refractivity contribution is 5.74. The molecule has 0 aliphatic heterocycles. The normalized spacial score (nSPS) is 25.0. The van der Waals surface area contributed by atoms with Crippen LogP contribution in [-0.2, 0) is 0 Å². The lowest BCUT2D eigenvalue weighted by Crippen LogP contribution is -2.48. The summed E-state index contributed by atoms with van der Waals surface area (Å²) in [5, 5.41) is 6.27. The molecular formula is C19H29N3O2. The fourth-order valence-corrected chi connectivity index (χ4v) is 3.68. The SMILES string of the molecule is Cc1ccc(OC2CCC(NC(=O)NC3CCCCC3)CC2)nc1. The number of aryl methyl sites for hydroxylation is 1. The van der Waals surface area contributed by atoms with Gasteiger partial charge in [0.1, 0.15) is 6.10 Å². The smallest absolute Gasteiger partial charge is 0.315 e. The van der Waals surface area contributed by atoms with Crippen LogP contribution in [0.1, 0.15) is 63.4 Å². The molecule has 0 unspecified atom stereocenters. The van der Waals surface area contributed by atoms with E-state index in [1.165, 1.54) is 19.3 Å². The number of hydrogen-bond acceptors (Lipinski definition) is 3. The molecule has 1 aromatic heterocycles. The lowest BCUT2D eigenvalue weighted by atomic mass is 9.93. The van der Waals surface area contributed by atoms with Crippen LogP contribution >= 0.6 is 0 Å². The Bertz CT molecular complexity index is 518. The van der Waals surface area contributed by atoms with E-state index in [2.05, 4.69) is 15.6 Å². The number of nitrogens with one attached hydrogen (secondary N) is 2. The number of amides is 2. The van der Waals surface area contributed by atoms with E-state index in [4.69, 9.17) is 4.74 Å². The second-order valence-corrected chi connectivity index (χ2v) is 7.22. The molecule has 0 atom stereocenters. The van der Waals surface area contributed by atoms with E-state index in [0.717, 1.165) is 44.1 Å². The molecule has 2 fully saturated rings. The minimum absolute atomic E-state index is 0.00599. The summed E-state index contributed by atoms with van der Waals surface area (Å²) < 4.78 is 5.95. The van der Waals surface area contributed by atoms with Crippen LogP contribution in [0.4, 0.5) is 4.79 Å². The fourth-order valence-electron chi connectivity index (χ4n) is 3.68. The Kier molecular flexibility index (Phi) is 5.94. The fraction of sp³-hybridized carbons (Fsp3) is 0.684. The monoisotopic (exact) mass is 331 g/mol. The van der Waals surface area contributed by atoms with E-state index >= 15 is 0 Å². The van der Waals surface area contributed by atoms with E-state index in [1.54, 1.807) is 0 Å². The predicted octanol–water partition coefficient (Wildman–Crippen LogP) is 3.71. The highest BCUT2D eigenvalue weighted by Gasteiger charge is 2.24. The van der Waals surface area contributed by atoms with Gasteiger partial charge in [-0.05, 0) is 51.0 Å². The van der Waals surface area contributed by atoms with E-state index < -0.39 is 0 Å². The molecule has 2 N–H and O–H groups in total. The zero-order valence-corrected chi connectivity index (χ0v) is 14.6. The number of ether oxygens (including phenoxy) is 1. The summed E-state index contributed by atoms with van der Waals surface area (Å²) in [5.41, 5.74) is 1.14. The Morgan fingerprint density at radius 1 is 1.00 bits per heavy atom. The maximum atomic E-state index is 12.1. The molecule has 0 bridgehead atoms. The van der Waals surface area contributed by atoms with Crippen molar-refractivity contribution in [2.45, 2.75) is 82.9 Å². The number of nitrogens with zero attached hydrogens (tertiary/aromatic N) is 1. The molecule has 0 aromatic carbocycles. The molecule has 0 spiro atoms. The summed E-state index contributed by atoms with van der Waals surface area (Å²) in [5.74, 6) is 0.701. The second-order valence-electron chi connectivity index (χ2n) is 7.22. The van der Waals surface area contributed by atoms with Crippen LogP contribution in [0.2, 0.25) is 0 Å². The zero-order chi connectivity index (χ0) is 16.8. The van der Waals surface area contributed by atoms with Crippen molar-refractivity contribution in [1.29, 1.82) is 0 Å². The number of hydrogen-bond donors (Lipinski definition) is 2. The molecule has 5 heteroatoms. The van der Waals surface area contributed by atoms with Gasteiger partial charge in [-0.15, -0.1) is 0 Å². The van der Waals surface area contributed by atoms with Gasteiger partial charge >= 0.3 is 6.03 Å². The number of rotatable bonds is 4. The van der Waals surface area contributed by atoms with Crippen LogP contribution in [0, 0.1) is 6.92 Å². The minimum atomic E-state index is 0.00599. The number of aromatic nitrogens is 1. The molecule has 1 aromatic rings.